The molecule has 0 unspecified atom stereocenters. The Morgan fingerprint density at radius 1 is 1.33 bits per heavy atom. The van der Waals surface area contributed by atoms with E-state index in [0.717, 1.165) is 25.9 Å². The standard InChI is InChI=1S/C10H22N4O/c1-12(2)13(3)8-10(15)14-6-4-9(11)5-7-14/h9H,4-8,11H2,1-3H3. The highest BCUT2D eigenvalue weighted by Gasteiger charge is 2.21. The number of nitrogens with zero attached hydrogens (tertiary/aromatic N) is 3. The number of likely N-dealkylation sites (N-methyl/N-ethyl adjacent to an activating group) is 1. The van der Waals surface area contributed by atoms with Crippen LogP contribution in [0.3, 0.4) is 0 Å². The highest BCUT2D eigenvalue weighted by molar-refractivity contribution is 5.78. The van der Waals surface area contributed by atoms with Gasteiger partial charge >= 0.3 is 0 Å². The minimum Gasteiger partial charge on any atom is -0.341 e. The molecule has 88 valence electrons. The van der Waals surface area contributed by atoms with Gasteiger partial charge in [0, 0.05) is 40.3 Å². The van der Waals surface area contributed by atoms with Crippen LogP contribution in [0.1, 0.15) is 12.8 Å². The third kappa shape index (κ3) is 3.77. The molecule has 2 N–H and O–H groups in total. The lowest BCUT2D eigenvalue weighted by Gasteiger charge is -2.32. The summed E-state index contributed by atoms with van der Waals surface area (Å²) >= 11 is 0. The Morgan fingerprint density at radius 3 is 2.33 bits per heavy atom. The van der Waals surface area contributed by atoms with Crippen LogP contribution in [0.2, 0.25) is 0 Å². The largest absolute Gasteiger partial charge is 0.341 e. The normalized spacial score (nSPS) is 18.9. The fourth-order valence-electron chi connectivity index (χ4n) is 1.59. The summed E-state index contributed by atoms with van der Waals surface area (Å²) in [5, 5.41) is 3.81. The first-order chi connectivity index (χ1) is 7.00. The third-order valence-electron chi connectivity index (χ3n) is 2.94. The van der Waals surface area contributed by atoms with Crippen LogP contribution in [0.15, 0.2) is 0 Å². The van der Waals surface area contributed by atoms with Crippen molar-refractivity contribution in [3.05, 3.63) is 0 Å². The van der Waals surface area contributed by atoms with Gasteiger partial charge in [0.05, 0.1) is 6.54 Å². The molecule has 1 rings (SSSR count). The van der Waals surface area contributed by atoms with E-state index in [9.17, 15) is 4.79 Å². The predicted octanol–water partition coefficient (Wildman–Crippen LogP) is -0.655. The Labute approximate surface area is 91.8 Å². The molecule has 0 atom stereocenters. The lowest BCUT2D eigenvalue weighted by Crippen LogP contribution is -2.48. The van der Waals surface area contributed by atoms with Gasteiger partial charge in [0.15, 0.2) is 0 Å². The van der Waals surface area contributed by atoms with E-state index in [-0.39, 0.29) is 11.9 Å². The van der Waals surface area contributed by atoms with E-state index >= 15 is 0 Å². The second-order valence-electron chi connectivity index (χ2n) is 4.38. The minimum atomic E-state index is 0.193. The van der Waals surface area contributed by atoms with Crippen molar-refractivity contribution >= 4 is 5.91 Å². The number of rotatable bonds is 3. The number of likely N-dealkylation sites (tertiary alicyclic amines) is 1. The Balaban J connectivity index is 2.34. The van der Waals surface area contributed by atoms with E-state index in [1.165, 1.54) is 0 Å². The fraction of sp³-hybridized carbons (Fsp3) is 0.900. The van der Waals surface area contributed by atoms with Gasteiger partial charge in [-0.05, 0) is 12.8 Å². The molecule has 1 fully saturated rings. The lowest BCUT2D eigenvalue weighted by molar-refractivity contribution is -0.136. The molecule has 0 aliphatic carbocycles. The summed E-state index contributed by atoms with van der Waals surface area (Å²) < 4.78 is 0. The van der Waals surface area contributed by atoms with E-state index in [0.29, 0.717) is 6.54 Å². The molecule has 1 saturated heterocycles. The van der Waals surface area contributed by atoms with Gasteiger partial charge in [-0.15, -0.1) is 0 Å². The number of hydrazine groups is 1. The van der Waals surface area contributed by atoms with Gasteiger partial charge in [-0.25, -0.2) is 10.0 Å². The minimum absolute atomic E-state index is 0.193. The Bertz CT molecular complexity index is 211. The van der Waals surface area contributed by atoms with Gasteiger partial charge in [-0.1, -0.05) is 0 Å². The van der Waals surface area contributed by atoms with E-state index in [1.807, 2.05) is 36.1 Å². The maximum Gasteiger partial charge on any atom is 0.238 e. The molecule has 5 nitrogen and oxygen atoms in total. The van der Waals surface area contributed by atoms with Crippen molar-refractivity contribution in [2.45, 2.75) is 18.9 Å². The summed E-state index contributed by atoms with van der Waals surface area (Å²) in [6, 6.07) is 0.278. The monoisotopic (exact) mass is 214 g/mol. The number of hydrogen-bond donors (Lipinski definition) is 1. The Kier molecular flexibility index (Phi) is 4.50. The van der Waals surface area contributed by atoms with Crippen LogP contribution in [0.4, 0.5) is 0 Å². The molecule has 1 aliphatic heterocycles. The zero-order valence-corrected chi connectivity index (χ0v) is 9.94. The van der Waals surface area contributed by atoms with Gasteiger partial charge < -0.3 is 10.6 Å². The number of carbonyl (C=O) groups excluding carboxylic acids is 1. The molecule has 5 heteroatoms. The molecule has 0 spiro atoms. The summed E-state index contributed by atoms with van der Waals surface area (Å²) in [6.45, 7) is 2.06. The molecule has 0 radical (unpaired) electrons. The summed E-state index contributed by atoms with van der Waals surface area (Å²) in [7, 11) is 5.77. The Hall–Kier alpha value is -0.650. The first-order valence-electron chi connectivity index (χ1n) is 5.42. The average Bonchev–Trinajstić information content (AvgIpc) is 2.18. The van der Waals surface area contributed by atoms with Crippen LogP contribution in [0.5, 0.6) is 0 Å². The molecule has 1 heterocycles. The van der Waals surface area contributed by atoms with Crippen LogP contribution in [-0.2, 0) is 4.79 Å². The molecular weight excluding hydrogens is 192 g/mol. The molecule has 0 aromatic carbocycles. The van der Waals surface area contributed by atoms with Crippen molar-refractivity contribution < 1.29 is 4.79 Å². The van der Waals surface area contributed by atoms with Gasteiger partial charge in [-0.2, -0.15) is 0 Å². The maximum absolute atomic E-state index is 11.8. The number of hydrogen-bond acceptors (Lipinski definition) is 4. The van der Waals surface area contributed by atoms with E-state index in [1.54, 1.807) is 0 Å². The molecular formula is C10H22N4O. The Morgan fingerprint density at radius 2 is 1.87 bits per heavy atom. The summed E-state index contributed by atoms with van der Waals surface area (Å²) in [5.41, 5.74) is 5.79. The SMILES string of the molecule is CN(C)N(C)CC(=O)N1CCC(N)CC1. The molecule has 1 amide bonds. The molecule has 0 aromatic heterocycles. The van der Waals surface area contributed by atoms with Gasteiger partial charge in [-0.3, -0.25) is 4.79 Å². The predicted molar refractivity (Wildman–Crippen MR) is 60.1 cm³/mol. The van der Waals surface area contributed by atoms with Crippen LogP contribution >= 0.6 is 0 Å². The highest BCUT2D eigenvalue weighted by atomic mass is 16.2. The van der Waals surface area contributed by atoms with Crippen molar-refractivity contribution in [1.82, 2.24) is 14.9 Å². The molecule has 1 aliphatic rings. The van der Waals surface area contributed by atoms with Gasteiger partial charge in [0.1, 0.15) is 0 Å². The number of amides is 1. The van der Waals surface area contributed by atoms with Crippen LogP contribution in [0, 0.1) is 0 Å². The molecule has 0 saturated carbocycles. The second-order valence-corrected chi connectivity index (χ2v) is 4.38. The van der Waals surface area contributed by atoms with Crippen molar-refractivity contribution in [2.24, 2.45) is 5.73 Å². The summed E-state index contributed by atoms with van der Waals surface area (Å²) in [6.07, 6.45) is 1.86. The van der Waals surface area contributed by atoms with E-state index < -0.39 is 0 Å². The first-order valence-corrected chi connectivity index (χ1v) is 5.42. The third-order valence-corrected chi connectivity index (χ3v) is 2.94. The van der Waals surface area contributed by atoms with Crippen molar-refractivity contribution in [1.29, 1.82) is 0 Å². The van der Waals surface area contributed by atoms with Crippen LogP contribution in [0.25, 0.3) is 0 Å². The molecule has 0 bridgehead atoms. The van der Waals surface area contributed by atoms with Crippen LogP contribution < -0.4 is 5.73 Å². The van der Waals surface area contributed by atoms with Crippen LogP contribution in [-0.4, -0.2) is 67.6 Å². The number of nitrogens with two attached hydrogens (primary N) is 1. The molecule has 0 aromatic rings. The highest BCUT2D eigenvalue weighted by Crippen LogP contribution is 2.08. The summed E-state index contributed by atoms with van der Waals surface area (Å²) in [4.78, 5) is 13.7. The van der Waals surface area contributed by atoms with Gasteiger partial charge in [0.25, 0.3) is 0 Å². The average molecular weight is 214 g/mol. The number of piperidine rings is 1. The molecule has 15 heavy (non-hydrogen) atoms. The van der Waals surface area contributed by atoms with E-state index in [4.69, 9.17) is 5.73 Å². The smallest absolute Gasteiger partial charge is 0.238 e. The van der Waals surface area contributed by atoms with Crippen molar-refractivity contribution in [2.75, 3.05) is 40.8 Å². The summed E-state index contributed by atoms with van der Waals surface area (Å²) in [5.74, 6) is 0.193. The zero-order chi connectivity index (χ0) is 11.4. The maximum atomic E-state index is 11.8. The van der Waals surface area contributed by atoms with E-state index in [2.05, 4.69) is 0 Å². The second kappa shape index (κ2) is 5.44. The lowest BCUT2D eigenvalue weighted by atomic mass is 10.1. The fourth-order valence-corrected chi connectivity index (χ4v) is 1.59. The van der Waals surface area contributed by atoms with Crippen molar-refractivity contribution in [3.63, 3.8) is 0 Å². The zero-order valence-electron chi connectivity index (χ0n) is 9.94. The first kappa shape index (κ1) is 12.4. The topological polar surface area (TPSA) is 52.8 Å². The van der Waals surface area contributed by atoms with Crippen molar-refractivity contribution in [3.8, 4) is 0 Å². The number of carbonyl (C=O) groups is 1. The van der Waals surface area contributed by atoms with Gasteiger partial charge in [0.2, 0.25) is 5.91 Å². The quantitative estimate of drug-likeness (QED) is 0.634.